The number of methoxy groups -OCH3 is 2. The number of ether oxygens (including phenoxy) is 2. The molecule has 11 heteroatoms. The maximum atomic E-state index is 13.4. The van der Waals surface area contributed by atoms with Crippen LogP contribution < -0.4 is 14.8 Å². The summed E-state index contributed by atoms with van der Waals surface area (Å²) in [5.74, 6) is 1.04. The Morgan fingerprint density at radius 1 is 1.14 bits per heavy atom. The first-order valence-corrected chi connectivity index (χ1v) is 12.6. The normalized spacial score (nSPS) is 12.8. The average molecular weight is 510 g/mol. The van der Waals surface area contributed by atoms with Gasteiger partial charge in [0.1, 0.15) is 17.2 Å². The molecule has 4 heterocycles. The smallest absolute Gasteiger partial charge is 0.272 e. The standard InChI is InChI=1S/C24H23N5O4S2/c1-28-18(12-17(27-28)15-11-14(32-2)6-7-19(15)33-3)23(31)29-9-8-16-21(13-29)35-24(25-16)26-22(30)20-5-4-10-34-20/h4-7,10-12H,8-9,13H2,1-3H3,(H,25,26,30). The molecule has 1 aromatic carbocycles. The largest absolute Gasteiger partial charge is 0.497 e. The molecular weight excluding hydrogens is 486 g/mol. The third-order valence-electron chi connectivity index (χ3n) is 5.77. The van der Waals surface area contributed by atoms with E-state index in [1.54, 1.807) is 43.0 Å². The van der Waals surface area contributed by atoms with Crippen LogP contribution in [0.4, 0.5) is 5.13 Å². The van der Waals surface area contributed by atoms with E-state index < -0.39 is 0 Å². The minimum Gasteiger partial charge on any atom is -0.497 e. The third kappa shape index (κ3) is 4.52. The number of carbonyl (C=O) groups excluding carboxylic acids is 2. The maximum Gasteiger partial charge on any atom is 0.272 e. The fourth-order valence-corrected chi connectivity index (χ4v) is 5.60. The number of nitrogens with zero attached hydrogens (tertiary/aromatic N) is 4. The van der Waals surface area contributed by atoms with Crippen molar-refractivity contribution in [2.45, 2.75) is 13.0 Å². The van der Waals surface area contributed by atoms with Crippen LogP contribution in [0.1, 0.15) is 30.7 Å². The molecule has 5 rings (SSSR count). The van der Waals surface area contributed by atoms with E-state index >= 15 is 0 Å². The van der Waals surface area contributed by atoms with Crippen LogP contribution in [0, 0.1) is 0 Å². The molecule has 0 spiro atoms. The van der Waals surface area contributed by atoms with Gasteiger partial charge in [-0.05, 0) is 35.7 Å². The van der Waals surface area contributed by atoms with Gasteiger partial charge < -0.3 is 14.4 Å². The van der Waals surface area contributed by atoms with E-state index in [9.17, 15) is 9.59 Å². The van der Waals surface area contributed by atoms with Gasteiger partial charge in [-0.15, -0.1) is 11.3 Å². The third-order valence-corrected chi connectivity index (χ3v) is 7.63. The summed E-state index contributed by atoms with van der Waals surface area (Å²) in [5, 5.41) is 9.84. The van der Waals surface area contributed by atoms with Crippen molar-refractivity contribution in [3.8, 4) is 22.8 Å². The Balaban J connectivity index is 1.34. The van der Waals surface area contributed by atoms with Crippen molar-refractivity contribution < 1.29 is 19.1 Å². The van der Waals surface area contributed by atoms with Gasteiger partial charge in [0.05, 0.1) is 37.0 Å². The Bertz CT molecular complexity index is 1390. The minimum absolute atomic E-state index is 0.115. The van der Waals surface area contributed by atoms with Gasteiger partial charge >= 0.3 is 0 Å². The molecule has 0 saturated carbocycles. The van der Waals surface area contributed by atoms with Crippen LogP contribution in [0.15, 0.2) is 41.8 Å². The van der Waals surface area contributed by atoms with E-state index in [2.05, 4.69) is 15.4 Å². The molecule has 0 fully saturated rings. The van der Waals surface area contributed by atoms with Crippen LogP contribution in [0.5, 0.6) is 11.5 Å². The molecule has 0 aliphatic carbocycles. The number of thiazole rings is 1. The second-order valence-corrected chi connectivity index (χ2v) is 9.93. The van der Waals surface area contributed by atoms with Crippen molar-refractivity contribution in [1.82, 2.24) is 19.7 Å². The van der Waals surface area contributed by atoms with Gasteiger partial charge in [-0.3, -0.25) is 19.6 Å². The Hall–Kier alpha value is -3.70. The number of anilines is 1. The van der Waals surface area contributed by atoms with Crippen LogP contribution in [0.2, 0.25) is 0 Å². The lowest BCUT2D eigenvalue weighted by atomic mass is 10.1. The molecule has 0 bridgehead atoms. The molecule has 3 aromatic heterocycles. The average Bonchev–Trinajstić information content (AvgIpc) is 3.62. The van der Waals surface area contributed by atoms with Crippen molar-refractivity contribution in [1.29, 1.82) is 0 Å². The highest BCUT2D eigenvalue weighted by molar-refractivity contribution is 7.16. The number of benzene rings is 1. The molecule has 1 N–H and O–H groups in total. The molecule has 0 saturated heterocycles. The van der Waals surface area contributed by atoms with Crippen LogP contribution >= 0.6 is 22.7 Å². The van der Waals surface area contributed by atoms with Crippen molar-refractivity contribution in [2.24, 2.45) is 7.05 Å². The second-order valence-electron chi connectivity index (χ2n) is 7.90. The van der Waals surface area contributed by atoms with E-state index in [4.69, 9.17) is 9.47 Å². The van der Waals surface area contributed by atoms with E-state index in [0.717, 1.165) is 16.1 Å². The van der Waals surface area contributed by atoms with Gasteiger partial charge in [-0.1, -0.05) is 17.4 Å². The van der Waals surface area contributed by atoms with Crippen molar-refractivity contribution in [2.75, 3.05) is 26.1 Å². The number of amides is 2. The lowest BCUT2D eigenvalue weighted by Gasteiger charge is -2.25. The molecule has 0 unspecified atom stereocenters. The van der Waals surface area contributed by atoms with Crippen molar-refractivity contribution >= 4 is 39.6 Å². The molecule has 1 aliphatic heterocycles. The van der Waals surface area contributed by atoms with E-state index in [1.807, 2.05) is 29.6 Å². The van der Waals surface area contributed by atoms with Gasteiger partial charge in [0.2, 0.25) is 0 Å². The SMILES string of the molecule is COc1ccc(OC)c(-c2cc(C(=O)N3CCc4nc(NC(=O)c5cccs5)sc4C3)n(C)n2)c1. The zero-order valence-corrected chi connectivity index (χ0v) is 21.0. The molecule has 2 amide bonds. The van der Waals surface area contributed by atoms with E-state index in [-0.39, 0.29) is 11.8 Å². The molecule has 180 valence electrons. The zero-order valence-electron chi connectivity index (χ0n) is 19.4. The number of aromatic nitrogens is 3. The minimum atomic E-state index is -0.172. The molecular formula is C24H23N5O4S2. The molecule has 1 aliphatic rings. The lowest BCUT2D eigenvalue weighted by Crippen LogP contribution is -2.36. The van der Waals surface area contributed by atoms with Crippen LogP contribution in [0.25, 0.3) is 11.3 Å². The quantitative estimate of drug-likeness (QED) is 0.421. The summed E-state index contributed by atoms with van der Waals surface area (Å²) < 4.78 is 12.4. The Labute approximate surface area is 209 Å². The summed E-state index contributed by atoms with van der Waals surface area (Å²) in [6.45, 7) is 0.973. The molecule has 9 nitrogen and oxygen atoms in total. The summed E-state index contributed by atoms with van der Waals surface area (Å²) in [6.07, 6.45) is 0.626. The highest BCUT2D eigenvalue weighted by Crippen LogP contribution is 2.34. The predicted octanol–water partition coefficient (Wildman–Crippen LogP) is 4.07. The summed E-state index contributed by atoms with van der Waals surface area (Å²) in [6, 6.07) is 10.9. The van der Waals surface area contributed by atoms with Crippen LogP contribution in [0.3, 0.4) is 0 Å². The highest BCUT2D eigenvalue weighted by Gasteiger charge is 2.28. The lowest BCUT2D eigenvalue weighted by molar-refractivity contribution is 0.0725. The first kappa shape index (κ1) is 23.1. The first-order valence-electron chi connectivity index (χ1n) is 10.9. The molecule has 35 heavy (non-hydrogen) atoms. The van der Waals surface area contributed by atoms with Crippen molar-refractivity contribution in [3.05, 3.63) is 62.9 Å². The maximum absolute atomic E-state index is 13.4. The Morgan fingerprint density at radius 2 is 2.00 bits per heavy atom. The van der Waals surface area contributed by atoms with E-state index in [0.29, 0.717) is 52.4 Å². The summed E-state index contributed by atoms with van der Waals surface area (Å²) in [5.41, 5.74) is 2.77. The fraction of sp³-hybridized carbons (Fsp3) is 0.250. The number of hydrogen-bond donors (Lipinski definition) is 1. The number of hydrogen-bond acceptors (Lipinski definition) is 8. The topological polar surface area (TPSA) is 98.6 Å². The first-order chi connectivity index (χ1) is 17.0. The van der Waals surface area contributed by atoms with Gasteiger partial charge in [-0.2, -0.15) is 5.10 Å². The zero-order chi connectivity index (χ0) is 24.5. The van der Waals surface area contributed by atoms with Crippen molar-refractivity contribution in [3.63, 3.8) is 0 Å². The van der Waals surface area contributed by atoms with Gasteiger partial charge in [0, 0.05) is 30.5 Å². The van der Waals surface area contributed by atoms with Crippen LogP contribution in [-0.2, 0) is 20.0 Å². The molecule has 0 atom stereocenters. The number of thiophene rings is 1. The predicted molar refractivity (Wildman–Crippen MR) is 135 cm³/mol. The Kier molecular flexibility index (Phi) is 6.27. The van der Waals surface area contributed by atoms with Gasteiger partial charge in [0.25, 0.3) is 11.8 Å². The number of fused-ring (bicyclic) bond motifs is 1. The monoisotopic (exact) mass is 509 g/mol. The van der Waals surface area contributed by atoms with Crippen LogP contribution in [-0.4, -0.2) is 52.2 Å². The summed E-state index contributed by atoms with van der Waals surface area (Å²) in [7, 11) is 4.95. The summed E-state index contributed by atoms with van der Waals surface area (Å²) in [4.78, 5) is 33.8. The molecule has 0 radical (unpaired) electrons. The number of rotatable bonds is 6. The number of carbonyl (C=O) groups is 2. The number of nitrogens with one attached hydrogen (secondary N) is 1. The molecule has 4 aromatic rings. The second kappa shape index (κ2) is 9.51. The number of aryl methyl sites for hydroxylation is 1. The van der Waals surface area contributed by atoms with E-state index in [1.165, 1.54) is 22.7 Å². The highest BCUT2D eigenvalue weighted by atomic mass is 32.1. The fourth-order valence-electron chi connectivity index (χ4n) is 3.96. The summed E-state index contributed by atoms with van der Waals surface area (Å²) >= 11 is 2.79. The van der Waals surface area contributed by atoms with Gasteiger partial charge in [-0.25, -0.2) is 4.98 Å². The van der Waals surface area contributed by atoms with Gasteiger partial charge in [0.15, 0.2) is 5.13 Å². The Morgan fingerprint density at radius 3 is 2.74 bits per heavy atom.